The lowest BCUT2D eigenvalue weighted by Gasteiger charge is -2.09. The Bertz CT molecular complexity index is 910. The van der Waals surface area contributed by atoms with Gasteiger partial charge in [-0.2, -0.15) is 5.10 Å². The molecule has 0 fully saturated rings. The molecule has 0 bridgehead atoms. The van der Waals surface area contributed by atoms with Crippen LogP contribution in [0.15, 0.2) is 47.0 Å². The van der Waals surface area contributed by atoms with Crippen LogP contribution in [0.1, 0.15) is 11.1 Å². The van der Waals surface area contributed by atoms with Crippen molar-refractivity contribution in [3.05, 3.63) is 58.5 Å². The SMILES string of the molecule is C=CCSc1nc2c(cnn2-c2cccc(C)c2C)c(=O)[nH]1. The van der Waals surface area contributed by atoms with Crippen LogP contribution in [0.3, 0.4) is 0 Å². The molecule has 1 N–H and O–H groups in total. The number of nitrogens with one attached hydrogen (secondary N) is 1. The van der Waals surface area contributed by atoms with Gasteiger partial charge in [-0.3, -0.25) is 4.79 Å². The second kappa shape index (κ2) is 5.81. The van der Waals surface area contributed by atoms with Crippen LogP contribution in [0.2, 0.25) is 0 Å². The summed E-state index contributed by atoms with van der Waals surface area (Å²) in [6, 6.07) is 6.01. The fourth-order valence-corrected chi connectivity index (χ4v) is 2.84. The minimum absolute atomic E-state index is 0.173. The molecule has 2 heterocycles. The van der Waals surface area contributed by atoms with Crippen molar-refractivity contribution in [2.75, 3.05) is 5.75 Å². The van der Waals surface area contributed by atoms with E-state index in [1.165, 1.54) is 17.3 Å². The highest BCUT2D eigenvalue weighted by molar-refractivity contribution is 7.99. The highest BCUT2D eigenvalue weighted by atomic mass is 32.2. The molecule has 0 radical (unpaired) electrons. The van der Waals surface area contributed by atoms with Crippen LogP contribution in [0, 0.1) is 13.8 Å². The zero-order valence-electron chi connectivity index (χ0n) is 12.5. The average molecular weight is 312 g/mol. The van der Waals surface area contributed by atoms with Crippen molar-refractivity contribution in [1.29, 1.82) is 0 Å². The van der Waals surface area contributed by atoms with E-state index in [1.807, 2.05) is 19.1 Å². The Hall–Kier alpha value is -2.34. The molecule has 22 heavy (non-hydrogen) atoms. The summed E-state index contributed by atoms with van der Waals surface area (Å²) in [6.07, 6.45) is 3.34. The summed E-state index contributed by atoms with van der Waals surface area (Å²) in [5, 5.41) is 5.42. The molecule has 0 saturated carbocycles. The number of rotatable bonds is 4. The maximum atomic E-state index is 12.2. The van der Waals surface area contributed by atoms with Crippen LogP contribution >= 0.6 is 11.8 Å². The lowest BCUT2D eigenvalue weighted by Crippen LogP contribution is -2.10. The van der Waals surface area contributed by atoms with Gasteiger partial charge in [-0.25, -0.2) is 9.67 Å². The molecule has 0 spiro atoms. The standard InChI is InChI=1S/C16H16N4OS/c1-4-8-22-16-18-14-12(15(21)19-16)9-17-20(14)13-7-5-6-10(2)11(13)3/h4-7,9H,1,8H2,2-3H3,(H,18,19,21). The smallest absolute Gasteiger partial charge is 0.262 e. The van der Waals surface area contributed by atoms with Crippen molar-refractivity contribution in [2.24, 2.45) is 0 Å². The van der Waals surface area contributed by atoms with Crippen LogP contribution < -0.4 is 5.56 Å². The van der Waals surface area contributed by atoms with Crippen LogP contribution in [0.5, 0.6) is 0 Å². The van der Waals surface area contributed by atoms with E-state index in [1.54, 1.807) is 17.0 Å². The number of hydrogen-bond acceptors (Lipinski definition) is 4. The summed E-state index contributed by atoms with van der Waals surface area (Å²) in [5.74, 6) is 0.687. The molecule has 0 aliphatic rings. The molecule has 5 nitrogen and oxygen atoms in total. The Morgan fingerprint density at radius 3 is 3.00 bits per heavy atom. The van der Waals surface area contributed by atoms with E-state index in [0.717, 1.165) is 11.3 Å². The highest BCUT2D eigenvalue weighted by Crippen LogP contribution is 2.21. The van der Waals surface area contributed by atoms with Crippen molar-refractivity contribution < 1.29 is 0 Å². The number of benzene rings is 1. The van der Waals surface area contributed by atoms with Gasteiger partial charge in [-0.05, 0) is 31.0 Å². The third-order valence-corrected chi connectivity index (χ3v) is 4.43. The fraction of sp³-hybridized carbons (Fsp3) is 0.188. The number of aryl methyl sites for hydroxylation is 1. The minimum Gasteiger partial charge on any atom is -0.301 e. The van der Waals surface area contributed by atoms with Crippen LogP contribution in [0.25, 0.3) is 16.7 Å². The summed E-state index contributed by atoms with van der Waals surface area (Å²) in [7, 11) is 0. The van der Waals surface area contributed by atoms with Gasteiger partial charge in [0, 0.05) is 5.75 Å². The lowest BCUT2D eigenvalue weighted by molar-refractivity contribution is 0.865. The van der Waals surface area contributed by atoms with Gasteiger partial charge >= 0.3 is 0 Å². The first-order valence-electron chi connectivity index (χ1n) is 6.90. The summed E-state index contributed by atoms with van der Waals surface area (Å²) in [4.78, 5) is 19.5. The van der Waals surface area contributed by atoms with Crippen LogP contribution in [-0.4, -0.2) is 25.5 Å². The third-order valence-electron chi connectivity index (χ3n) is 3.56. The molecular weight excluding hydrogens is 296 g/mol. The highest BCUT2D eigenvalue weighted by Gasteiger charge is 2.13. The van der Waals surface area contributed by atoms with Crippen LogP contribution in [0.4, 0.5) is 0 Å². The second-order valence-corrected chi connectivity index (χ2v) is 5.99. The van der Waals surface area contributed by atoms with Crippen molar-refractivity contribution in [3.8, 4) is 5.69 Å². The predicted molar refractivity (Wildman–Crippen MR) is 89.9 cm³/mol. The molecule has 112 valence electrons. The van der Waals surface area contributed by atoms with E-state index in [2.05, 4.69) is 34.6 Å². The summed E-state index contributed by atoms with van der Waals surface area (Å²) < 4.78 is 1.73. The van der Waals surface area contributed by atoms with Crippen molar-refractivity contribution in [3.63, 3.8) is 0 Å². The van der Waals surface area contributed by atoms with Crippen molar-refractivity contribution >= 4 is 22.8 Å². The Morgan fingerprint density at radius 1 is 1.41 bits per heavy atom. The number of thioether (sulfide) groups is 1. The molecule has 6 heteroatoms. The van der Waals surface area contributed by atoms with E-state index >= 15 is 0 Å². The van der Waals surface area contributed by atoms with Crippen molar-refractivity contribution in [1.82, 2.24) is 19.7 Å². The zero-order chi connectivity index (χ0) is 15.7. The first-order chi connectivity index (χ1) is 10.6. The quantitative estimate of drug-likeness (QED) is 0.457. The molecule has 2 aromatic heterocycles. The summed E-state index contributed by atoms with van der Waals surface area (Å²) in [5.41, 5.74) is 3.63. The topological polar surface area (TPSA) is 63.6 Å². The number of hydrogen-bond donors (Lipinski definition) is 1. The van der Waals surface area contributed by atoms with E-state index in [9.17, 15) is 4.79 Å². The van der Waals surface area contributed by atoms with E-state index in [-0.39, 0.29) is 5.56 Å². The Kier molecular flexibility index (Phi) is 3.85. The van der Waals surface area contributed by atoms with Gasteiger partial charge in [0.05, 0.1) is 11.9 Å². The molecule has 3 aromatic rings. The Balaban J connectivity index is 2.22. The number of H-pyrrole nitrogens is 1. The first kappa shape index (κ1) is 14.6. The maximum Gasteiger partial charge on any atom is 0.262 e. The van der Waals surface area contributed by atoms with Gasteiger partial charge in [0.1, 0.15) is 5.39 Å². The second-order valence-electron chi connectivity index (χ2n) is 4.98. The minimum atomic E-state index is -0.173. The van der Waals surface area contributed by atoms with E-state index in [4.69, 9.17) is 0 Å². The maximum absolute atomic E-state index is 12.2. The molecule has 0 amide bonds. The van der Waals surface area contributed by atoms with Crippen LogP contribution in [-0.2, 0) is 0 Å². The zero-order valence-corrected chi connectivity index (χ0v) is 13.3. The summed E-state index contributed by atoms with van der Waals surface area (Å²) >= 11 is 1.44. The number of nitrogens with zero attached hydrogens (tertiary/aromatic N) is 3. The fourth-order valence-electron chi connectivity index (χ4n) is 2.25. The Morgan fingerprint density at radius 2 is 2.23 bits per heavy atom. The number of aromatic nitrogens is 4. The van der Waals surface area contributed by atoms with Crippen molar-refractivity contribution in [2.45, 2.75) is 19.0 Å². The van der Waals surface area contributed by atoms with E-state index < -0.39 is 0 Å². The van der Waals surface area contributed by atoms with Gasteiger partial charge in [0.15, 0.2) is 10.8 Å². The van der Waals surface area contributed by atoms with Gasteiger partial charge in [0.2, 0.25) is 0 Å². The van der Waals surface area contributed by atoms with Gasteiger partial charge in [-0.15, -0.1) is 6.58 Å². The Labute approximate surface area is 132 Å². The first-order valence-corrected chi connectivity index (χ1v) is 7.88. The monoisotopic (exact) mass is 312 g/mol. The molecule has 0 aliphatic heterocycles. The van der Waals surface area contributed by atoms with Gasteiger partial charge < -0.3 is 4.98 Å². The predicted octanol–water partition coefficient (Wildman–Crippen LogP) is 3.00. The number of fused-ring (bicyclic) bond motifs is 1. The molecule has 0 saturated heterocycles. The molecule has 0 aliphatic carbocycles. The molecule has 1 aromatic carbocycles. The molecule has 0 atom stereocenters. The largest absolute Gasteiger partial charge is 0.301 e. The summed E-state index contributed by atoms with van der Waals surface area (Å²) in [6.45, 7) is 7.77. The molecule has 0 unspecified atom stereocenters. The van der Waals surface area contributed by atoms with Gasteiger partial charge in [0.25, 0.3) is 5.56 Å². The van der Waals surface area contributed by atoms with E-state index in [0.29, 0.717) is 21.9 Å². The molecular formula is C16H16N4OS. The molecule has 3 rings (SSSR count). The lowest BCUT2D eigenvalue weighted by atomic mass is 10.1. The number of aromatic amines is 1. The third kappa shape index (κ3) is 2.46. The average Bonchev–Trinajstić information content (AvgIpc) is 2.92. The normalized spacial score (nSPS) is 11.0. The van der Waals surface area contributed by atoms with Gasteiger partial charge in [-0.1, -0.05) is 30.0 Å².